The smallest absolute Gasteiger partial charge is 0.125 e. The zero-order valence-corrected chi connectivity index (χ0v) is 10.2. The van der Waals surface area contributed by atoms with Crippen LogP contribution in [0.3, 0.4) is 0 Å². The first-order chi connectivity index (χ1) is 8.79. The van der Waals surface area contributed by atoms with Crippen LogP contribution in [0.2, 0.25) is 0 Å². The molecule has 0 unspecified atom stereocenters. The van der Waals surface area contributed by atoms with Crippen molar-refractivity contribution in [1.29, 1.82) is 0 Å². The maximum absolute atomic E-state index is 13.3. The number of hydrogen-bond acceptors (Lipinski definition) is 1. The summed E-state index contributed by atoms with van der Waals surface area (Å²) in [6, 6.07) is 16.8. The lowest BCUT2D eigenvalue weighted by Crippen LogP contribution is -2.22. The molecule has 0 aromatic heterocycles. The summed E-state index contributed by atoms with van der Waals surface area (Å²) in [7, 11) is 0. The second-order valence-corrected chi connectivity index (χ2v) is 4.13. The fourth-order valence-electron chi connectivity index (χ4n) is 1.89. The molecule has 0 bridgehead atoms. The molecule has 0 aliphatic heterocycles. The number of rotatable bonds is 5. The van der Waals surface area contributed by atoms with E-state index in [4.69, 9.17) is 0 Å². The Labute approximate surface area is 107 Å². The fraction of sp³-hybridized carbons (Fsp3) is 0.125. The highest BCUT2D eigenvalue weighted by Gasteiger charge is 2.06. The van der Waals surface area contributed by atoms with Gasteiger partial charge in [-0.15, -0.1) is 6.58 Å². The number of benzene rings is 2. The highest BCUT2D eigenvalue weighted by Crippen LogP contribution is 2.18. The summed E-state index contributed by atoms with van der Waals surface area (Å²) in [4.78, 5) is 2.09. The van der Waals surface area contributed by atoms with Crippen molar-refractivity contribution < 1.29 is 4.39 Å². The third-order valence-electron chi connectivity index (χ3n) is 2.74. The molecular formula is C16H16FN. The Morgan fingerprint density at radius 1 is 1.06 bits per heavy atom. The predicted molar refractivity (Wildman–Crippen MR) is 74.1 cm³/mol. The number of hydrogen-bond donors (Lipinski definition) is 0. The highest BCUT2D eigenvalue weighted by molar-refractivity contribution is 5.47. The molecule has 0 amide bonds. The first-order valence-corrected chi connectivity index (χ1v) is 5.95. The standard InChI is InChI=1S/C16H16FN/c1-2-11-18(13-14-7-4-3-5-8-14)16-10-6-9-15(17)12-16/h2-10,12H,1,11,13H2. The third-order valence-corrected chi connectivity index (χ3v) is 2.74. The molecular weight excluding hydrogens is 225 g/mol. The first-order valence-electron chi connectivity index (χ1n) is 5.95. The van der Waals surface area contributed by atoms with E-state index in [1.807, 2.05) is 30.3 Å². The van der Waals surface area contributed by atoms with Gasteiger partial charge in [-0.05, 0) is 23.8 Å². The quantitative estimate of drug-likeness (QED) is 0.715. The van der Waals surface area contributed by atoms with Crippen molar-refractivity contribution in [1.82, 2.24) is 0 Å². The first kappa shape index (κ1) is 12.4. The normalized spacial score (nSPS) is 10.1. The van der Waals surface area contributed by atoms with Gasteiger partial charge in [0.2, 0.25) is 0 Å². The molecule has 0 atom stereocenters. The Balaban J connectivity index is 2.20. The minimum absolute atomic E-state index is 0.213. The number of nitrogens with zero attached hydrogens (tertiary/aromatic N) is 1. The van der Waals surface area contributed by atoms with Gasteiger partial charge in [0.1, 0.15) is 5.82 Å². The predicted octanol–water partition coefficient (Wildman–Crippen LogP) is 4.02. The molecule has 2 heteroatoms. The summed E-state index contributed by atoms with van der Waals surface area (Å²) in [5.41, 5.74) is 2.07. The topological polar surface area (TPSA) is 3.24 Å². The van der Waals surface area contributed by atoms with Gasteiger partial charge in [-0.3, -0.25) is 0 Å². The minimum Gasteiger partial charge on any atom is -0.363 e. The fourth-order valence-corrected chi connectivity index (χ4v) is 1.89. The van der Waals surface area contributed by atoms with Crippen LogP contribution in [0.4, 0.5) is 10.1 Å². The van der Waals surface area contributed by atoms with E-state index in [0.29, 0.717) is 6.54 Å². The van der Waals surface area contributed by atoms with Crippen LogP contribution in [0.5, 0.6) is 0 Å². The SMILES string of the molecule is C=CCN(Cc1ccccc1)c1cccc(F)c1. The lowest BCUT2D eigenvalue weighted by molar-refractivity contribution is 0.626. The van der Waals surface area contributed by atoms with Gasteiger partial charge in [0, 0.05) is 18.8 Å². The van der Waals surface area contributed by atoms with Crippen LogP contribution in [0.15, 0.2) is 67.3 Å². The average Bonchev–Trinajstić information content (AvgIpc) is 2.39. The van der Waals surface area contributed by atoms with Gasteiger partial charge in [-0.1, -0.05) is 42.5 Å². The summed E-state index contributed by atoms with van der Waals surface area (Å²) >= 11 is 0. The van der Waals surface area contributed by atoms with Gasteiger partial charge in [-0.25, -0.2) is 4.39 Å². The van der Waals surface area contributed by atoms with E-state index in [9.17, 15) is 4.39 Å². The van der Waals surface area contributed by atoms with Crippen molar-refractivity contribution in [2.75, 3.05) is 11.4 Å². The molecule has 0 aliphatic carbocycles. The highest BCUT2D eigenvalue weighted by atomic mass is 19.1. The summed E-state index contributed by atoms with van der Waals surface area (Å²) in [6.07, 6.45) is 1.83. The van der Waals surface area contributed by atoms with E-state index in [0.717, 1.165) is 12.2 Å². The molecule has 0 spiro atoms. The van der Waals surface area contributed by atoms with Gasteiger partial charge in [0.25, 0.3) is 0 Å². The Kier molecular flexibility index (Phi) is 4.13. The Hall–Kier alpha value is -2.09. The van der Waals surface area contributed by atoms with Crippen LogP contribution in [-0.4, -0.2) is 6.54 Å². The van der Waals surface area contributed by atoms with Crippen molar-refractivity contribution in [3.05, 3.63) is 78.6 Å². The molecule has 0 saturated heterocycles. The number of halogens is 1. The zero-order valence-electron chi connectivity index (χ0n) is 10.2. The second-order valence-electron chi connectivity index (χ2n) is 4.13. The molecule has 1 nitrogen and oxygen atoms in total. The molecule has 2 aromatic rings. The maximum Gasteiger partial charge on any atom is 0.125 e. The van der Waals surface area contributed by atoms with Crippen molar-refractivity contribution in [2.45, 2.75) is 6.54 Å². The zero-order chi connectivity index (χ0) is 12.8. The van der Waals surface area contributed by atoms with E-state index in [2.05, 4.69) is 23.6 Å². The molecule has 18 heavy (non-hydrogen) atoms. The summed E-state index contributed by atoms with van der Waals surface area (Å²) in [5.74, 6) is -0.213. The monoisotopic (exact) mass is 241 g/mol. The summed E-state index contributed by atoms with van der Waals surface area (Å²) in [5, 5.41) is 0. The van der Waals surface area contributed by atoms with Gasteiger partial charge in [-0.2, -0.15) is 0 Å². The van der Waals surface area contributed by atoms with Crippen LogP contribution in [0, 0.1) is 5.82 Å². The van der Waals surface area contributed by atoms with Crippen LogP contribution >= 0.6 is 0 Å². The number of anilines is 1. The van der Waals surface area contributed by atoms with Crippen molar-refractivity contribution in [3.8, 4) is 0 Å². The summed E-state index contributed by atoms with van der Waals surface area (Å²) < 4.78 is 13.3. The van der Waals surface area contributed by atoms with E-state index >= 15 is 0 Å². The molecule has 0 radical (unpaired) electrons. The Morgan fingerprint density at radius 3 is 2.50 bits per heavy atom. The largest absolute Gasteiger partial charge is 0.363 e. The van der Waals surface area contributed by atoms with E-state index in [-0.39, 0.29) is 5.82 Å². The lowest BCUT2D eigenvalue weighted by Gasteiger charge is -2.23. The van der Waals surface area contributed by atoms with E-state index in [1.54, 1.807) is 12.1 Å². The molecule has 0 aliphatic rings. The van der Waals surface area contributed by atoms with Crippen LogP contribution < -0.4 is 4.90 Å². The van der Waals surface area contributed by atoms with Crippen molar-refractivity contribution >= 4 is 5.69 Å². The average molecular weight is 241 g/mol. The third kappa shape index (κ3) is 3.20. The second kappa shape index (κ2) is 6.01. The van der Waals surface area contributed by atoms with Crippen LogP contribution in [0.1, 0.15) is 5.56 Å². The van der Waals surface area contributed by atoms with E-state index < -0.39 is 0 Å². The Morgan fingerprint density at radius 2 is 1.83 bits per heavy atom. The van der Waals surface area contributed by atoms with Gasteiger partial charge in [0.05, 0.1) is 0 Å². The molecule has 0 fully saturated rings. The van der Waals surface area contributed by atoms with Crippen molar-refractivity contribution in [3.63, 3.8) is 0 Å². The van der Waals surface area contributed by atoms with E-state index in [1.165, 1.54) is 11.6 Å². The molecule has 0 heterocycles. The van der Waals surface area contributed by atoms with Crippen LogP contribution in [0.25, 0.3) is 0 Å². The summed E-state index contributed by atoms with van der Waals surface area (Å²) in [6.45, 7) is 5.19. The maximum atomic E-state index is 13.3. The van der Waals surface area contributed by atoms with Gasteiger partial charge < -0.3 is 4.90 Å². The molecule has 2 aromatic carbocycles. The van der Waals surface area contributed by atoms with Crippen LogP contribution in [-0.2, 0) is 6.54 Å². The molecule has 2 rings (SSSR count). The lowest BCUT2D eigenvalue weighted by atomic mass is 10.2. The van der Waals surface area contributed by atoms with Gasteiger partial charge in [0.15, 0.2) is 0 Å². The molecule has 0 N–H and O–H groups in total. The van der Waals surface area contributed by atoms with Gasteiger partial charge >= 0.3 is 0 Å². The van der Waals surface area contributed by atoms with Crippen molar-refractivity contribution in [2.24, 2.45) is 0 Å². The minimum atomic E-state index is -0.213. The molecule has 92 valence electrons. The Bertz CT molecular complexity index is 508. The molecule has 0 saturated carbocycles.